The lowest BCUT2D eigenvalue weighted by Crippen LogP contribution is -2.36. The summed E-state index contributed by atoms with van der Waals surface area (Å²) in [6.45, 7) is 1.08. The van der Waals surface area contributed by atoms with Gasteiger partial charge in [-0.1, -0.05) is 23.7 Å². The maximum absolute atomic E-state index is 12.1. The van der Waals surface area contributed by atoms with Crippen molar-refractivity contribution in [2.45, 2.75) is 17.3 Å². The van der Waals surface area contributed by atoms with Crippen LogP contribution in [-0.2, 0) is 23.1 Å². The summed E-state index contributed by atoms with van der Waals surface area (Å²) in [5, 5.41) is 7.06. The van der Waals surface area contributed by atoms with Gasteiger partial charge in [0.05, 0.1) is 6.54 Å². The molecule has 0 atom stereocenters. The van der Waals surface area contributed by atoms with Gasteiger partial charge in [-0.25, -0.2) is 12.7 Å². The van der Waals surface area contributed by atoms with E-state index in [1.807, 2.05) is 24.3 Å². The Bertz CT molecular complexity index is 847. The highest BCUT2D eigenvalue weighted by Crippen LogP contribution is 2.23. The number of guanidine groups is 1. The molecule has 0 saturated heterocycles. The molecule has 1 aromatic carbocycles. The molecule has 0 radical (unpaired) electrons. The van der Waals surface area contributed by atoms with E-state index in [4.69, 9.17) is 11.6 Å². The molecule has 1 aromatic heterocycles. The summed E-state index contributed by atoms with van der Waals surface area (Å²) in [6, 6.07) is 11.0. The van der Waals surface area contributed by atoms with E-state index >= 15 is 0 Å². The minimum absolute atomic E-state index is 0.330. The third-order valence-electron chi connectivity index (χ3n) is 3.37. The van der Waals surface area contributed by atoms with Crippen LogP contribution in [0.25, 0.3) is 0 Å². The van der Waals surface area contributed by atoms with Crippen LogP contribution in [0.4, 0.5) is 0 Å². The Morgan fingerprint density at radius 3 is 2.56 bits per heavy atom. The molecular weight excluding hydrogens is 380 g/mol. The number of nitrogens with one attached hydrogen (secondary N) is 2. The highest BCUT2D eigenvalue weighted by molar-refractivity contribution is 7.91. The van der Waals surface area contributed by atoms with Gasteiger partial charge >= 0.3 is 0 Å². The van der Waals surface area contributed by atoms with E-state index in [1.54, 1.807) is 19.2 Å². The number of sulfonamides is 1. The van der Waals surface area contributed by atoms with Gasteiger partial charge in [-0.15, -0.1) is 11.3 Å². The number of benzene rings is 1. The van der Waals surface area contributed by atoms with Gasteiger partial charge in [0, 0.05) is 37.6 Å². The second kappa shape index (κ2) is 8.66. The topological polar surface area (TPSA) is 73.8 Å². The average molecular weight is 401 g/mol. The zero-order valence-electron chi connectivity index (χ0n) is 14.3. The van der Waals surface area contributed by atoms with Crippen molar-refractivity contribution in [3.8, 4) is 0 Å². The molecule has 0 aliphatic heterocycles. The normalized spacial score (nSPS) is 12.4. The first-order valence-electron chi connectivity index (χ1n) is 7.53. The summed E-state index contributed by atoms with van der Waals surface area (Å²) in [5.41, 5.74) is 1.05. The maximum Gasteiger partial charge on any atom is 0.252 e. The van der Waals surface area contributed by atoms with Gasteiger partial charge in [-0.3, -0.25) is 4.99 Å². The standard InChI is InChI=1S/C16H21ClN4O2S2/c1-18-16(19-10-12-5-4-6-13(17)9-12)20-11-14-7-8-15(24-14)25(22,23)21(2)3/h4-9H,10-11H2,1-3H3,(H2,18,19,20). The molecule has 0 bridgehead atoms. The summed E-state index contributed by atoms with van der Waals surface area (Å²) >= 11 is 7.22. The molecule has 0 aliphatic rings. The van der Waals surface area contributed by atoms with Crippen molar-refractivity contribution in [1.29, 1.82) is 0 Å². The van der Waals surface area contributed by atoms with Crippen LogP contribution in [0.2, 0.25) is 5.02 Å². The number of aliphatic imine (C=N–C) groups is 1. The minimum Gasteiger partial charge on any atom is -0.352 e. The molecule has 25 heavy (non-hydrogen) atoms. The maximum atomic E-state index is 12.1. The van der Waals surface area contributed by atoms with Crippen LogP contribution in [0.3, 0.4) is 0 Å². The number of rotatable bonds is 6. The van der Waals surface area contributed by atoms with Gasteiger partial charge in [-0.05, 0) is 29.8 Å². The summed E-state index contributed by atoms with van der Waals surface area (Å²) in [7, 11) is 1.34. The molecule has 0 aliphatic carbocycles. The summed E-state index contributed by atoms with van der Waals surface area (Å²) < 4.78 is 25.7. The number of nitrogens with zero attached hydrogens (tertiary/aromatic N) is 2. The average Bonchev–Trinajstić information content (AvgIpc) is 3.04. The quantitative estimate of drug-likeness (QED) is 0.577. The van der Waals surface area contributed by atoms with E-state index in [0.717, 1.165) is 10.4 Å². The molecule has 2 aromatic rings. The van der Waals surface area contributed by atoms with Crippen molar-refractivity contribution in [3.05, 3.63) is 51.9 Å². The van der Waals surface area contributed by atoms with Gasteiger partial charge in [0.15, 0.2) is 5.96 Å². The fourth-order valence-electron chi connectivity index (χ4n) is 2.00. The third kappa shape index (κ3) is 5.43. The molecule has 0 unspecified atom stereocenters. The molecule has 6 nitrogen and oxygen atoms in total. The number of hydrogen-bond acceptors (Lipinski definition) is 4. The highest BCUT2D eigenvalue weighted by atomic mass is 35.5. The molecule has 0 saturated carbocycles. The zero-order chi connectivity index (χ0) is 18.4. The van der Waals surface area contributed by atoms with E-state index in [1.165, 1.54) is 29.7 Å². The Kier molecular flexibility index (Phi) is 6.83. The van der Waals surface area contributed by atoms with Crippen LogP contribution >= 0.6 is 22.9 Å². The molecule has 0 amide bonds. The van der Waals surface area contributed by atoms with Crippen molar-refractivity contribution in [3.63, 3.8) is 0 Å². The largest absolute Gasteiger partial charge is 0.352 e. The van der Waals surface area contributed by atoms with Crippen LogP contribution in [0.15, 0.2) is 45.6 Å². The molecule has 9 heteroatoms. The van der Waals surface area contributed by atoms with Crippen LogP contribution < -0.4 is 10.6 Å². The first kappa shape index (κ1) is 19.7. The van der Waals surface area contributed by atoms with Gasteiger partial charge in [-0.2, -0.15) is 0 Å². The lowest BCUT2D eigenvalue weighted by molar-refractivity contribution is 0.523. The van der Waals surface area contributed by atoms with Crippen LogP contribution in [0.1, 0.15) is 10.4 Å². The Labute approximate surface area is 157 Å². The van der Waals surface area contributed by atoms with E-state index in [9.17, 15) is 8.42 Å². The predicted octanol–water partition coefficient (Wildman–Crippen LogP) is 2.52. The van der Waals surface area contributed by atoms with Gasteiger partial charge in [0.25, 0.3) is 10.0 Å². The SMILES string of the molecule is CN=C(NCc1cccc(Cl)c1)NCc1ccc(S(=O)(=O)N(C)C)s1. The van der Waals surface area contributed by atoms with Gasteiger partial charge < -0.3 is 10.6 Å². The van der Waals surface area contributed by atoms with Crippen molar-refractivity contribution in [1.82, 2.24) is 14.9 Å². The molecule has 0 fully saturated rings. The van der Waals surface area contributed by atoms with Crippen molar-refractivity contribution in [2.24, 2.45) is 4.99 Å². The summed E-state index contributed by atoms with van der Waals surface area (Å²) in [4.78, 5) is 5.07. The minimum atomic E-state index is -3.38. The number of thiophene rings is 1. The second-order valence-corrected chi connectivity index (χ2v) is 9.40. The fraction of sp³-hybridized carbons (Fsp3) is 0.312. The molecule has 0 spiro atoms. The molecule has 136 valence electrons. The molecular formula is C16H21ClN4O2S2. The predicted molar refractivity (Wildman–Crippen MR) is 104 cm³/mol. The summed E-state index contributed by atoms with van der Waals surface area (Å²) in [5.74, 6) is 0.630. The van der Waals surface area contributed by atoms with Crippen molar-refractivity contribution in [2.75, 3.05) is 21.1 Å². The molecule has 2 rings (SSSR count). The first-order chi connectivity index (χ1) is 11.8. The van der Waals surface area contributed by atoms with E-state index in [2.05, 4.69) is 15.6 Å². The highest BCUT2D eigenvalue weighted by Gasteiger charge is 2.19. The van der Waals surface area contributed by atoms with Gasteiger partial charge in [0.1, 0.15) is 4.21 Å². The Hall–Kier alpha value is -1.61. The fourth-order valence-corrected chi connectivity index (χ4v) is 4.67. The smallest absolute Gasteiger partial charge is 0.252 e. The number of hydrogen-bond donors (Lipinski definition) is 2. The lowest BCUT2D eigenvalue weighted by Gasteiger charge is -2.11. The monoisotopic (exact) mass is 400 g/mol. The molecule has 2 N–H and O–H groups in total. The van der Waals surface area contributed by atoms with Crippen molar-refractivity contribution >= 4 is 38.9 Å². The van der Waals surface area contributed by atoms with Crippen LogP contribution in [-0.4, -0.2) is 39.8 Å². The lowest BCUT2D eigenvalue weighted by atomic mass is 10.2. The summed E-state index contributed by atoms with van der Waals surface area (Å²) in [6.07, 6.45) is 0. The van der Waals surface area contributed by atoms with Crippen molar-refractivity contribution < 1.29 is 8.42 Å². The van der Waals surface area contributed by atoms with Crippen LogP contribution in [0, 0.1) is 0 Å². The Morgan fingerprint density at radius 2 is 1.92 bits per heavy atom. The first-order valence-corrected chi connectivity index (χ1v) is 10.2. The zero-order valence-corrected chi connectivity index (χ0v) is 16.7. The Morgan fingerprint density at radius 1 is 1.20 bits per heavy atom. The van der Waals surface area contributed by atoms with E-state index in [0.29, 0.717) is 28.3 Å². The molecule has 1 heterocycles. The third-order valence-corrected chi connectivity index (χ3v) is 6.98. The number of halogens is 1. The van der Waals surface area contributed by atoms with E-state index < -0.39 is 10.0 Å². The second-order valence-electron chi connectivity index (χ2n) is 5.42. The Balaban J connectivity index is 1.92. The van der Waals surface area contributed by atoms with E-state index in [-0.39, 0.29) is 0 Å². The van der Waals surface area contributed by atoms with Gasteiger partial charge in [0.2, 0.25) is 0 Å². The van der Waals surface area contributed by atoms with Crippen LogP contribution in [0.5, 0.6) is 0 Å².